The van der Waals surface area contributed by atoms with E-state index in [-0.39, 0.29) is 6.10 Å². The Labute approximate surface area is 102 Å². The molecule has 0 aliphatic heterocycles. The molecule has 0 fully saturated rings. The first-order valence-corrected chi connectivity index (χ1v) is 6.04. The van der Waals surface area contributed by atoms with Gasteiger partial charge in [-0.15, -0.1) is 0 Å². The molecule has 3 nitrogen and oxygen atoms in total. The predicted octanol–water partition coefficient (Wildman–Crippen LogP) is 2.58. The summed E-state index contributed by atoms with van der Waals surface area (Å²) in [6.45, 7) is 3.64. The maximum absolute atomic E-state index is 10.8. The van der Waals surface area contributed by atoms with Crippen molar-refractivity contribution < 1.29 is 15.0 Å². The van der Waals surface area contributed by atoms with Gasteiger partial charge in [-0.05, 0) is 37.3 Å². The fourth-order valence-electron chi connectivity index (χ4n) is 1.65. The number of rotatable bonds is 6. The van der Waals surface area contributed by atoms with Crippen LogP contribution < -0.4 is 0 Å². The van der Waals surface area contributed by atoms with Crippen molar-refractivity contribution in [2.24, 2.45) is 0 Å². The van der Waals surface area contributed by atoms with Crippen molar-refractivity contribution in [2.45, 2.75) is 45.1 Å². The molecule has 17 heavy (non-hydrogen) atoms. The van der Waals surface area contributed by atoms with E-state index in [2.05, 4.69) is 0 Å². The molecule has 0 bridgehead atoms. The molecule has 1 aromatic carbocycles. The minimum absolute atomic E-state index is 0.243. The molecular weight excluding hydrogens is 216 g/mol. The minimum atomic E-state index is -0.806. The summed E-state index contributed by atoms with van der Waals surface area (Å²) in [6, 6.07) is 7.59. The van der Waals surface area contributed by atoms with Gasteiger partial charge in [0.15, 0.2) is 0 Å². The van der Waals surface area contributed by atoms with Gasteiger partial charge in [0.25, 0.3) is 0 Å². The molecule has 1 aromatic rings. The first-order chi connectivity index (χ1) is 8.04. The second kappa shape index (κ2) is 6.40. The molecule has 0 saturated heterocycles. The molecule has 0 heterocycles. The van der Waals surface area contributed by atoms with E-state index in [4.69, 9.17) is 5.11 Å². The Morgan fingerprint density at radius 1 is 1.29 bits per heavy atom. The average Bonchev–Trinajstić information content (AvgIpc) is 2.35. The summed E-state index contributed by atoms with van der Waals surface area (Å²) in [7, 11) is 0. The predicted molar refractivity (Wildman–Crippen MR) is 67.1 cm³/mol. The van der Waals surface area contributed by atoms with Crippen molar-refractivity contribution >= 4 is 5.97 Å². The zero-order valence-electron chi connectivity index (χ0n) is 10.4. The van der Waals surface area contributed by atoms with Gasteiger partial charge < -0.3 is 10.2 Å². The van der Waals surface area contributed by atoms with Gasteiger partial charge in [-0.2, -0.15) is 0 Å². The number of aliphatic hydroxyl groups excluding tert-OH is 1. The van der Waals surface area contributed by atoms with E-state index in [9.17, 15) is 9.90 Å². The van der Waals surface area contributed by atoms with E-state index in [1.807, 2.05) is 31.2 Å². The third-order valence-electron chi connectivity index (χ3n) is 3.09. The Balaban J connectivity index is 2.59. The fourth-order valence-corrected chi connectivity index (χ4v) is 1.65. The lowest BCUT2D eigenvalue weighted by Gasteiger charge is -2.09. The molecule has 2 atom stereocenters. The number of hydrogen-bond donors (Lipinski definition) is 2. The highest BCUT2D eigenvalue weighted by Crippen LogP contribution is 2.17. The van der Waals surface area contributed by atoms with Crippen molar-refractivity contribution in [3.05, 3.63) is 35.4 Å². The van der Waals surface area contributed by atoms with Gasteiger partial charge in [0.2, 0.25) is 0 Å². The Morgan fingerprint density at radius 2 is 1.88 bits per heavy atom. The summed E-state index contributed by atoms with van der Waals surface area (Å²) >= 11 is 0. The quantitative estimate of drug-likeness (QED) is 0.798. The van der Waals surface area contributed by atoms with Gasteiger partial charge in [-0.1, -0.05) is 31.2 Å². The molecule has 0 saturated carbocycles. The molecule has 2 unspecified atom stereocenters. The zero-order chi connectivity index (χ0) is 12.8. The smallest absolute Gasteiger partial charge is 0.310 e. The molecule has 3 heteroatoms. The molecule has 0 aliphatic rings. The van der Waals surface area contributed by atoms with Crippen molar-refractivity contribution in [3.8, 4) is 0 Å². The zero-order valence-corrected chi connectivity index (χ0v) is 10.4. The number of carboxylic acids is 1. The fraction of sp³-hybridized carbons (Fsp3) is 0.500. The lowest BCUT2D eigenvalue weighted by atomic mass is 9.98. The van der Waals surface area contributed by atoms with Crippen LogP contribution in [0.25, 0.3) is 0 Å². The molecule has 94 valence electrons. The van der Waals surface area contributed by atoms with Crippen LogP contribution in [0.5, 0.6) is 0 Å². The average molecular weight is 236 g/mol. The molecule has 0 spiro atoms. The minimum Gasteiger partial charge on any atom is -0.481 e. The highest BCUT2D eigenvalue weighted by molar-refractivity contribution is 5.75. The summed E-state index contributed by atoms with van der Waals surface area (Å²) in [5, 5.41) is 18.3. The highest BCUT2D eigenvalue weighted by atomic mass is 16.4. The summed E-state index contributed by atoms with van der Waals surface area (Å²) in [4.78, 5) is 10.8. The first kappa shape index (κ1) is 13.7. The van der Waals surface area contributed by atoms with Gasteiger partial charge in [0.05, 0.1) is 12.0 Å². The van der Waals surface area contributed by atoms with Crippen molar-refractivity contribution in [3.63, 3.8) is 0 Å². The Kier molecular flexibility index (Phi) is 5.16. The van der Waals surface area contributed by atoms with Crippen molar-refractivity contribution in [1.82, 2.24) is 0 Å². The van der Waals surface area contributed by atoms with Gasteiger partial charge >= 0.3 is 5.97 Å². The van der Waals surface area contributed by atoms with E-state index < -0.39 is 11.9 Å². The maximum atomic E-state index is 10.8. The first-order valence-electron chi connectivity index (χ1n) is 6.04. The van der Waals surface area contributed by atoms with Crippen LogP contribution in [-0.4, -0.2) is 22.3 Å². The van der Waals surface area contributed by atoms with Gasteiger partial charge in [0.1, 0.15) is 0 Å². The number of hydrogen-bond acceptors (Lipinski definition) is 2. The lowest BCUT2D eigenvalue weighted by molar-refractivity contribution is -0.138. The van der Waals surface area contributed by atoms with Gasteiger partial charge in [-0.3, -0.25) is 4.79 Å². The number of aryl methyl sites for hydroxylation is 1. The van der Waals surface area contributed by atoms with Crippen LogP contribution in [0.3, 0.4) is 0 Å². The number of aliphatic hydroxyl groups is 1. The Hall–Kier alpha value is -1.35. The summed E-state index contributed by atoms with van der Waals surface area (Å²) in [5.41, 5.74) is 1.95. The van der Waals surface area contributed by atoms with Gasteiger partial charge in [-0.25, -0.2) is 0 Å². The third kappa shape index (κ3) is 4.19. The van der Waals surface area contributed by atoms with E-state index in [0.717, 1.165) is 30.4 Å². The molecule has 0 radical (unpaired) electrons. The summed E-state index contributed by atoms with van der Waals surface area (Å²) < 4.78 is 0. The highest BCUT2D eigenvalue weighted by Gasteiger charge is 2.12. The Bertz CT molecular complexity index is 356. The van der Waals surface area contributed by atoms with Crippen LogP contribution in [0.2, 0.25) is 0 Å². The van der Waals surface area contributed by atoms with Crippen molar-refractivity contribution in [2.75, 3.05) is 0 Å². The van der Waals surface area contributed by atoms with E-state index in [1.165, 1.54) is 0 Å². The topological polar surface area (TPSA) is 57.5 Å². The number of benzene rings is 1. The normalized spacial score (nSPS) is 14.3. The van der Waals surface area contributed by atoms with Crippen LogP contribution >= 0.6 is 0 Å². The van der Waals surface area contributed by atoms with Crippen LogP contribution in [0.1, 0.15) is 43.7 Å². The molecule has 0 aliphatic carbocycles. The second-order valence-corrected chi connectivity index (χ2v) is 4.40. The van der Waals surface area contributed by atoms with E-state index in [0.29, 0.717) is 0 Å². The van der Waals surface area contributed by atoms with Gasteiger partial charge in [0, 0.05) is 0 Å². The van der Waals surface area contributed by atoms with Crippen LogP contribution in [0.15, 0.2) is 24.3 Å². The van der Waals surface area contributed by atoms with E-state index in [1.54, 1.807) is 6.92 Å². The third-order valence-corrected chi connectivity index (χ3v) is 3.09. The summed E-state index contributed by atoms with van der Waals surface area (Å²) in [6.07, 6.45) is 2.11. The van der Waals surface area contributed by atoms with Crippen molar-refractivity contribution in [1.29, 1.82) is 0 Å². The van der Waals surface area contributed by atoms with Crippen LogP contribution in [0, 0.1) is 0 Å². The monoisotopic (exact) mass is 236 g/mol. The SMILES string of the molecule is CCC(O)CCc1ccc(C(C)C(=O)O)cc1. The Morgan fingerprint density at radius 3 is 2.35 bits per heavy atom. The van der Waals surface area contributed by atoms with E-state index >= 15 is 0 Å². The number of carbonyl (C=O) groups is 1. The second-order valence-electron chi connectivity index (χ2n) is 4.40. The largest absolute Gasteiger partial charge is 0.481 e. The maximum Gasteiger partial charge on any atom is 0.310 e. The molecule has 0 aromatic heterocycles. The molecular formula is C14H20O3. The number of aliphatic carboxylic acids is 1. The van der Waals surface area contributed by atoms with Crippen LogP contribution in [-0.2, 0) is 11.2 Å². The lowest BCUT2D eigenvalue weighted by Crippen LogP contribution is -2.08. The summed E-state index contributed by atoms with van der Waals surface area (Å²) in [5.74, 6) is -1.27. The molecule has 0 amide bonds. The molecule has 1 rings (SSSR count). The number of carboxylic acid groups (broad SMARTS) is 1. The van der Waals surface area contributed by atoms with Crippen LogP contribution in [0.4, 0.5) is 0 Å². The standard InChI is InChI=1S/C14H20O3/c1-3-13(15)9-6-11-4-7-12(8-5-11)10(2)14(16)17/h4-5,7-8,10,13,15H,3,6,9H2,1-2H3,(H,16,17). The molecule has 2 N–H and O–H groups in total.